The molecule has 0 spiro atoms. The zero-order chi connectivity index (χ0) is 26.1. The second-order valence-electron chi connectivity index (χ2n) is 8.96. The van der Waals surface area contributed by atoms with E-state index < -0.39 is 5.82 Å². The van der Waals surface area contributed by atoms with Crippen LogP contribution in [0.15, 0.2) is 89.9 Å². The van der Waals surface area contributed by atoms with Gasteiger partial charge in [0.05, 0.1) is 28.9 Å². The number of benzene rings is 3. The summed E-state index contributed by atoms with van der Waals surface area (Å²) in [6, 6.07) is 23.1. The van der Waals surface area contributed by atoms with E-state index in [-0.39, 0.29) is 23.6 Å². The van der Waals surface area contributed by atoms with Gasteiger partial charge in [-0.25, -0.2) is 9.37 Å². The van der Waals surface area contributed by atoms with Gasteiger partial charge in [0.25, 0.3) is 5.56 Å². The third-order valence-corrected chi connectivity index (χ3v) is 6.49. The Kier molecular flexibility index (Phi) is 6.27. The van der Waals surface area contributed by atoms with Crippen molar-refractivity contribution in [3.05, 3.63) is 129 Å². The lowest BCUT2D eigenvalue weighted by atomic mass is 10.0. The Morgan fingerprint density at radius 1 is 1.00 bits per heavy atom. The molecule has 5 aromatic rings. The molecule has 0 aliphatic heterocycles. The average Bonchev–Trinajstić information content (AvgIpc) is 2.88. The molecular weight excluding hydrogens is 465 g/mol. The molecule has 4 N–H and O–H groups in total. The normalized spacial score (nSPS) is 11.0. The van der Waals surface area contributed by atoms with Crippen LogP contribution < -0.4 is 16.6 Å². The first kappa shape index (κ1) is 23.9. The Morgan fingerprint density at radius 2 is 1.76 bits per heavy atom. The van der Waals surface area contributed by atoms with E-state index in [1.54, 1.807) is 29.0 Å². The molecule has 0 aliphatic carbocycles. The molecule has 0 saturated carbocycles. The first-order valence-corrected chi connectivity index (χ1v) is 11.9. The van der Waals surface area contributed by atoms with Crippen molar-refractivity contribution in [1.29, 1.82) is 5.41 Å². The Balaban J connectivity index is 1.62. The topological polar surface area (TPSA) is 96.8 Å². The van der Waals surface area contributed by atoms with E-state index in [0.29, 0.717) is 22.2 Å². The number of aryl methyl sites for hydroxylation is 2. The molecule has 2 aromatic heterocycles. The van der Waals surface area contributed by atoms with Gasteiger partial charge in [-0.15, -0.1) is 0 Å². The van der Waals surface area contributed by atoms with Gasteiger partial charge in [0.1, 0.15) is 11.6 Å². The summed E-state index contributed by atoms with van der Waals surface area (Å²) in [5.41, 5.74) is 10.9. The summed E-state index contributed by atoms with van der Waals surface area (Å²) >= 11 is 0. The molecule has 0 unspecified atom stereocenters. The number of nitrogens with zero attached hydrogens (tertiary/aromatic N) is 2. The second-order valence-corrected chi connectivity index (χ2v) is 8.96. The lowest BCUT2D eigenvalue weighted by Crippen LogP contribution is -2.25. The van der Waals surface area contributed by atoms with E-state index in [1.807, 2.05) is 62.4 Å². The SMILES string of the molecule is Cc1ccccc1-n1c(CNc2ccnc(N)c2C(=N)c2cccc(F)c2)cc2cccc(C)c2c1=O. The number of hydrogen-bond acceptors (Lipinski definition) is 5. The van der Waals surface area contributed by atoms with Crippen LogP contribution in [0.2, 0.25) is 0 Å². The fourth-order valence-corrected chi connectivity index (χ4v) is 4.66. The number of halogens is 1. The molecule has 5 rings (SSSR count). The van der Waals surface area contributed by atoms with Crippen molar-refractivity contribution in [3.8, 4) is 5.69 Å². The molecule has 3 aromatic carbocycles. The van der Waals surface area contributed by atoms with Crippen molar-refractivity contribution in [1.82, 2.24) is 9.55 Å². The standard InChI is InChI=1S/C30H26FN5O/c1-18-7-3-4-12-25(18)36-23(16-20-9-5-8-19(2)26(20)30(36)37)17-35-24-13-14-34-29(33)27(24)28(32)21-10-6-11-22(31)15-21/h3-16,32H,17H2,1-2H3,(H3,33,34,35). The van der Waals surface area contributed by atoms with Gasteiger partial charge in [-0.2, -0.15) is 0 Å². The lowest BCUT2D eigenvalue weighted by Gasteiger charge is -2.19. The zero-order valence-corrected chi connectivity index (χ0v) is 20.5. The number of anilines is 2. The van der Waals surface area contributed by atoms with Gasteiger partial charge in [-0.3, -0.25) is 14.8 Å². The Morgan fingerprint density at radius 3 is 2.54 bits per heavy atom. The van der Waals surface area contributed by atoms with Gasteiger partial charge in [0.15, 0.2) is 0 Å². The highest BCUT2D eigenvalue weighted by Gasteiger charge is 2.18. The van der Waals surface area contributed by atoms with E-state index in [9.17, 15) is 9.18 Å². The third-order valence-electron chi connectivity index (χ3n) is 6.49. The lowest BCUT2D eigenvalue weighted by molar-refractivity contribution is 0.627. The van der Waals surface area contributed by atoms with Crippen molar-refractivity contribution in [2.45, 2.75) is 20.4 Å². The molecule has 2 heterocycles. The molecule has 0 bridgehead atoms. The maximum Gasteiger partial charge on any atom is 0.263 e. The van der Waals surface area contributed by atoms with Gasteiger partial charge in [-0.05, 0) is 60.7 Å². The number of fused-ring (bicyclic) bond motifs is 1. The summed E-state index contributed by atoms with van der Waals surface area (Å²) in [4.78, 5) is 18.0. The van der Waals surface area contributed by atoms with Gasteiger partial charge in [0.2, 0.25) is 0 Å². The smallest absolute Gasteiger partial charge is 0.263 e. The molecule has 0 radical (unpaired) electrons. The van der Waals surface area contributed by atoms with Crippen LogP contribution in [-0.4, -0.2) is 15.3 Å². The van der Waals surface area contributed by atoms with Crippen molar-refractivity contribution in [2.75, 3.05) is 11.1 Å². The van der Waals surface area contributed by atoms with E-state index >= 15 is 0 Å². The molecular formula is C30H26FN5O. The minimum absolute atomic E-state index is 0.0537. The van der Waals surface area contributed by atoms with E-state index in [2.05, 4.69) is 10.3 Å². The summed E-state index contributed by atoms with van der Waals surface area (Å²) < 4.78 is 15.6. The molecule has 184 valence electrons. The summed E-state index contributed by atoms with van der Waals surface area (Å²) in [6.45, 7) is 4.19. The molecule has 0 aliphatic rings. The number of hydrogen-bond donors (Lipinski definition) is 3. The van der Waals surface area contributed by atoms with Crippen LogP contribution in [0.3, 0.4) is 0 Å². The van der Waals surface area contributed by atoms with Gasteiger partial charge < -0.3 is 11.1 Å². The number of nitrogens with one attached hydrogen (secondary N) is 2. The monoisotopic (exact) mass is 491 g/mol. The minimum Gasteiger partial charge on any atom is -0.383 e. The molecule has 37 heavy (non-hydrogen) atoms. The molecule has 6 nitrogen and oxygen atoms in total. The van der Waals surface area contributed by atoms with Crippen LogP contribution in [-0.2, 0) is 6.54 Å². The highest BCUT2D eigenvalue weighted by molar-refractivity contribution is 6.16. The van der Waals surface area contributed by atoms with Gasteiger partial charge >= 0.3 is 0 Å². The first-order valence-electron chi connectivity index (χ1n) is 11.9. The number of rotatable bonds is 6. The largest absolute Gasteiger partial charge is 0.383 e. The number of nitrogen functional groups attached to an aromatic ring is 1. The minimum atomic E-state index is -0.437. The summed E-state index contributed by atoms with van der Waals surface area (Å²) in [5.74, 6) is -0.280. The predicted octanol–water partition coefficient (Wildman–Crippen LogP) is 5.75. The molecule has 0 amide bonds. The summed E-state index contributed by atoms with van der Waals surface area (Å²) in [6.07, 6.45) is 1.55. The van der Waals surface area contributed by atoms with Crippen molar-refractivity contribution < 1.29 is 4.39 Å². The van der Waals surface area contributed by atoms with Crippen LogP contribution in [0.1, 0.15) is 27.9 Å². The van der Waals surface area contributed by atoms with Crippen molar-refractivity contribution in [2.24, 2.45) is 0 Å². The fourth-order valence-electron chi connectivity index (χ4n) is 4.66. The van der Waals surface area contributed by atoms with Crippen molar-refractivity contribution >= 4 is 28.0 Å². The number of nitrogens with two attached hydrogens (primary N) is 1. The predicted molar refractivity (Wildman–Crippen MR) is 147 cm³/mol. The first-order chi connectivity index (χ1) is 17.8. The third kappa shape index (κ3) is 4.47. The average molecular weight is 492 g/mol. The van der Waals surface area contributed by atoms with Crippen LogP contribution >= 0.6 is 0 Å². The maximum atomic E-state index is 13.9. The number of para-hydroxylation sites is 1. The van der Waals surface area contributed by atoms with Gasteiger partial charge in [0, 0.05) is 23.1 Å². The van der Waals surface area contributed by atoms with E-state index in [4.69, 9.17) is 11.1 Å². The molecule has 0 saturated heterocycles. The Hall–Kier alpha value is -4.78. The highest BCUT2D eigenvalue weighted by Crippen LogP contribution is 2.26. The maximum absolute atomic E-state index is 13.9. The number of pyridine rings is 2. The highest BCUT2D eigenvalue weighted by atomic mass is 19.1. The molecule has 7 heteroatoms. The fraction of sp³-hybridized carbons (Fsp3) is 0.100. The van der Waals surface area contributed by atoms with Crippen LogP contribution in [0.25, 0.3) is 16.5 Å². The summed E-state index contributed by atoms with van der Waals surface area (Å²) in [5, 5.41) is 13.6. The Labute approximate surface area is 213 Å². The van der Waals surface area contributed by atoms with Gasteiger partial charge in [-0.1, -0.05) is 48.5 Å². The molecule has 0 fully saturated rings. The van der Waals surface area contributed by atoms with Crippen LogP contribution in [0.4, 0.5) is 15.9 Å². The van der Waals surface area contributed by atoms with E-state index in [1.165, 1.54) is 12.1 Å². The van der Waals surface area contributed by atoms with Crippen LogP contribution in [0.5, 0.6) is 0 Å². The Bertz CT molecular complexity index is 1720. The second kappa shape index (κ2) is 9.70. The quantitative estimate of drug-likeness (QED) is 0.263. The molecule has 0 atom stereocenters. The van der Waals surface area contributed by atoms with Crippen LogP contribution in [0, 0.1) is 25.1 Å². The zero-order valence-electron chi connectivity index (χ0n) is 20.5. The van der Waals surface area contributed by atoms with E-state index in [0.717, 1.165) is 27.9 Å². The number of aromatic nitrogens is 2. The summed E-state index contributed by atoms with van der Waals surface area (Å²) in [7, 11) is 0. The van der Waals surface area contributed by atoms with Crippen molar-refractivity contribution in [3.63, 3.8) is 0 Å².